The van der Waals surface area contributed by atoms with Gasteiger partial charge in [-0.05, 0) is 24.3 Å². The fraction of sp³-hybridized carbons (Fsp3) is 0.263. The van der Waals surface area contributed by atoms with Crippen molar-refractivity contribution in [3.05, 3.63) is 59.7 Å². The molecule has 1 fully saturated rings. The number of carbonyl (C=O) groups is 2. The largest absolute Gasteiger partial charge is 0.493 e. The molecule has 2 heterocycles. The number of carbonyl (C=O) groups excluding carboxylic acids is 2. The van der Waals surface area contributed by atoms with Gasteiger partial charge in [0.05, 0.1) is 12.6 Å². The molecule has 2 aliphatic rings. The minimum Gasteiger partial charge on any atom is -0.493 e. The highest BCUT2D eigenvalue weighted by Crippen LogP contribution is 2.31. The maximum Gasteiger partial charge on any atom is 0.321 e. The molecule has 0 saturated carbocycles. The molecule has 0 spiro atoms. The van der Waals surface area contributed by atoms with Crippen LogP contribution in [0.4, 0.5) is 10.5 Å². The smallest absolute Gasteiger partial charge is 0.321 e. The molecule has 0 aromatic heterocycles. The zero-order valence-corrected chi connectivity index (χ0v) is 13.7. The summed E-state index contributed by atoms with van der Waals surface area (Å²) in [6.07, 6.45) is 0.733. The van der Waals surface area contributed by atoms with Gasteiger partial charge >= 0.3 is 6.03 Å². The summed E-state index contributed by atoms with van der Waals surface area (Å²) in [5, 5.41) is 5.85. The van der Waals surface area contributed by atoms with Gasteiger partial charge in [0, 0.05) is 36.3 Å². The van der Waals surface area contributed by atoms with Gasteiger partial charge in [0.1, 0.15) is 5.75 Å². The lowest BCUT2D eigenvalue weighted by Gasteiger charge is -2.26. The molecule has 2 N–H and O–H groups in total. The van der Waals surface area contributed by atoms with Crippen LogP contribution in [-0.4, -0.2) is 31.6 Å². The molecule has 1 atom stereocenters. The molecular weight excluding hydrogens is 318 g/mol. The van der Waals surface area contributed by atoms with Crippen molar-refractivity contribution in [2.75, 3.05) is 24.6 Å². The van der Waals surface area contributed by atoms with Gasteiger partial charge < -0.3 is 15.4 Å². The molecule has 4 rings (SSSR count). The van der Waals surface area contributed by atoms with E-state index >= 15 is 0 Å². The molecular formula is C19H19N3O3. The third-order valence-electron chi connectivity index (χ3n) is 4.54. The number of hydrogen-bond donors (Lipinski definition) is 2. The van der Waals surface area contributed by atoms with E-state index < -0.39 is 0 Å². The average Bonchev–Trinajstić information content (AvgIpc) is 3.08. The molecule has 0 bridgehead atoms. The Kier molecular flexibility index (Phi) is 4.01. The van der Waals surface area contributed by atoms with Gasteiger partial charge in [0.2, 0.25) is 0 Å². The Balaban J connectivity index is 1.53. The average molecular weight is 337 g/mol. The van der Waals surface area contributed by atoms with Crippen molar-refractivity contribution in [3.63, 3.8) is 0 Å². The van der Waals surface area contributed by atoms with Crippen molar-refractivity contribution < 1.29 is 14.3 Å². The number of amides is 3. The summed E-state index contributed by atoms with van der Waals surface area (Å²) in [6.45, 7) is 1.81. The fourth-order valence-electron chi connectivity index (χ4n) is 3.27. The molecule has 3 amide bonds. The van der Waals surface area contributed by atoms with Crippen LogP contribution in [0.15, 0.2) is 48.5 Å². The lowest BCUT2D eigenvalue weighted by molar-refractivity contribution is 0.0924. The topological polar surface area (TPSA) is 70.7 Å². The Morgan fingerprint density at radius 2 is 2.08 bits per heavy atom. The molecule has 0 aliphatic carbocycles. The summed E-state index contributed by atoms with van der Waals surface area (Å²) >= 11 is 0. The van der Waals surface area contributed by atoms with Crippen molar-refractivity contribution in [1.82, 2.24) is 10.6 Å². The minimum absolute atomic E-state index is 0.0730. The van der Waals surface area contributed by atoms with Crippen LogP contribution in [0.3, 0.4) is 0 Å². The number of benzene rings is 2. The second-order valence-corrected chi connectivity index (χ2v) is 6.13. The fourth-order valence-corrected chi connectivity index (χ4v) is 3.27. The first kappa shape index (κ1) is 15.5. The van der Waals surface area contributed by atoms with Crippen LogP contribution in [0.5, 0.6) is 5.75 Å². The molecule has 1 saturated heterocycles. The molecule has 6 nitrogen and oxygen atoms in total. The number of para-hydroxylation sites is 1. The third-order valence-corrected chi connectivity index (χ3v) is 4.54. The SMILES string of the molecule is O=C(N[C@@H]1CCOc2ccccc21)c1cccc(N2CCNC2=O)c1. The first-order chi connectivity index (χ1) is 12.2. The van der Waals surface area contributed by atoms with E-state index in [1.165, 1.54) is 0 Å². The van der Waals surface area contributed by atoms with E-state index in [0.717, 1.165) is 23.4 Å². The van der Waals surface area contributed by atoms with Gasteiger partial charge in [0.25, 0.3) is 5.91 Å². The monoisotopic (exact) mass is 337 g/mol. The second-order valence-electron chi connectivity index (χ2n) is 6.13. The molecule has 2 aliphatic heterocycles. The van der Waals surface area contributed by atoms with E-state index in [2.05, 4.69) is 10.6 Å². The van der Waals surface area contributed by atoms with E-state index in [4.69, 9.17) is 4.74 Å². The number of fused-ring (bicyclic) bond motifs is 1. The Labute approximate surface area is 145 Å². The van der Waals surface area contributed by atoms with Gasteiger partial charge in [-0.1, -0.05) is 24.3 Å². The number of ether oxygens (including phenoxy) is 1. The molecule has 0 radical (unpaired) electrons. The molecule has 0 unspecified atom stereocenters. The summed E-state index contributed by atoms with van der Waals surface area (Å²) in [6, 6.07) is 14.7. The highest BCUT2D eigenvalue weighted by Gasteiger charge is 2.24. The first-order valence-electron chi connectivity index (χ1n) is 8.40. The van der Waals surface area contributed by atoms with Crippen LogP contribution >= 0.6 is 0 Å². The maximum absolute atomic E-state index is 12.7. The van der Waals surface area contributed by atoms with Gasteiger partial charge in [-0.25, -0.2) is 4.79 Å². The van der Waals surface area contributed by atoms with Crippen molar-refractivity contribution in [2.24, 2.45) is 0 Å². The number of nitrogens with one attached hydrogen (secondary N) is 2. The predicted molar refractivity (Wildman–Crippen MR) is 93.9 cm³/mol. The molecule has 6 heteroatoms. The molecule has 2 aromatic carbocycles. The summed E-state index contributed by atoms with van der Waals surface area (Å²) in [4.78, 5) is 26.2. The van der Waals surface area contributed by atoms with E-state index in [0.29, 0.717) is 25.3 Å². The van der Waals surface area contributed by atoms with E-state index in [1.54, 1.807) is 23.1 Å². The summed E-state index contributed by atoms with van der Waals surface area (Å²) in [7, 11) is 0. The van der Waals surface area contributed by atoms with Gasteiger partial charge in [-0.15, -0.1) is 0 Å². The number of urea groups is 1. The Morgan fingerprint density at radius 1 is 1.20 bits per heavy atom. The third kappa shape index (κ3) is 3.03. The minimum atomic E-state index is -0.150. The lowest BCUT2D eigenvalue weighted by atomic mass is 10.00. The standard InChI is InChI=1S/C19H19N3O3/c23-18(21-16-8-11-25-17-7-2-1-6-15(16)17)13-4-3-5-14(12-13)22-10-9-20-19(22)24/h1-7,12,16H,8-11H2,(H,20,24)(H,21,23)/t16-/m1/s1. The maximum atomic E-state index is 12.7. The quantitative estimate of drug-likeness (QED) is 0.904. The lowest BCUT2D eigenvalue weighted by Crippen LogP contribution is -2.32. The van der Waals surface area contributed by atoms with Crippen molar-refractivity contribution in [2.45, 2.75) is 12.5 Å². The van der Waals surface area contributed by atoms with Crippen LogP contribution in [0.1, 0.15) is 28.4 Å². The first-order valence-corrected chi connectivity index (χ1v) is 8.40. The van der Waals surface area contributed by atoms with E-state index in [1.807, 2.05) is 30.3 Å². The van der Waals surface area contributed by atoms with Crippen molar-refractivity contribution >= 4 is 17.6 Å². The zero-order chi connectivity index (χ0) is 17.2. The normalized spacial score (nSPS) is 19.0. The Hall–Kier alpha value is -3.02. The number of rotatable bonds is 3. The van der Waals surface area contributed by atoms with Gasteiger partial charge in [-0.3, -0.25) is 9.69 Å². The van der Waals surface area contributed by atoms with Crippen LogP contribution in [0.2, 0.25) is 0 Å². The Bertz CT molecular complexity index is 821. The van der Waals surface area contributed by atoms with Gasteiger partial charge in [0.15, 0.2) is 0 Å². The number of anilines is 1. The number of hydrogen-bond acceptors (Lipinski definition) is 3. The van der Waals surface area contributed by atoms with Gasteiger partial charge in [-0.2, -0.15) is 0 Å². The van der Waals surface area contributed by atoms with E-state index in [-0.39, 0.29) is 18.0 Å². The van der Waals surface area contributed by atoms with Crippen LogP contribution in [-0.2, 0) is 0 Å². The summed E-state index contributed by atoms with van der Waals surface area (Å²) in [5.41, 5.74) is 2.27. The summed E-state index contributed by atoms with van der Waals surface area (Å²) in [5.74, 6) is 0.671. The molecule has 25 heavy (non-hydrogen) atoms. The van der Waals surface area contributed by atoms with Crippen molar-refractivity contribution in [3.8, 4) is 5.75 Å². The van der Waals surface area contributed by atoms with Crippen molar-refractivity contribution in [1.29, 1.82) is 0 Å². The van der Waals surface area contributed by atoms with E-state index in [9.17, 15) is 9.59 Å². The Morgan fingerprint density at radius 3 is 2.92 bits per heavy atom. The zero-order valence-electron chi connectivity index (χ0n) is 13.7. The summed E-state index contributed by atoms with van der Waals surface area (Å²) < 4.78 is 5.64. The van der Waals surface area contributed by atoms with Crippen LogP contribution in [0.25, 0.3) is 0 Å². The predicted octanol–water partition coefficient (Wildman–Crippen LogP) is 2.47. The van der Waals surface area contributed by atoms with Crippen LogP contribution in [0, 0.1) is 0 Å². The molecule has 2 aromatic rings. The molecule has 128 valence electrons. The van der Waals surface area contributed by atoms with Crippen LogP contribution < -0.4 is 20.3 Å². The number of nitrogens with zero attached hydrogens (tertiary/aromatic N) is 1. The highest BCUT2D eigenvalue weighted by atomic mass is 16.5. The second kappa shape index (κ2) is 6.47. The highest BCUT2D eigenvalue weighted by molar-refractivity contribution is 5.98.